The SMILES string of the molecule is Cc1nn(C)c2nc(NCC3CCC3)c(C#N)cc12. The first-order chi connectivity index (χ1) is 9.19. The molecule has 2 aromatic rings. The molecule has 5 heteroatoms. The standard InChI is InChI=1S/C14H17N5/c1-9-12-6-11(7-15)13(16-8-10-4-3-5-10)17-14(12)19(2)18-9/h6,10H,3-5,8H2,1-2H3,(H,16,17). The number of fused-ring (bicyclic) bond motifs is 1. The number of aryl methyl sites for hydroxylation is 2. The van der Waals surface area contributed by atoms with E-state index in [0.717, 1.165) is 29.2 Å². The minimum atomic E-state index is 0.600. The summed E-state index contributed by atoms with van der Waals surface area (Å²) in [6, 6.07) is 4.10. The summed E-state index contributed by atoms with van der Waals surface area (Å²) in [7, 11) is 1.88. The van der Waals surface area contributed by atoms with Crippen LogP contribution in [-0.2, 0) is 7.05 Å². The van der Waals surface area contributed by atoms with Crippen molar-refractivity contribution in [3.8, 4) is 6.07 Å². The van der Waals surface area contributed by atoms with Crippen molar-refractivity contribution in [2.45, 2.75) is 26.2 Å². The highest BCUT2D eigenvalue weighted by molar-refractivity contribution is 5.82. The molecule has 0 aromatic carbocycles. The Hall–Kier alpha value is -2.09. The van der Waals surface area contributed by atoms with Crippen LogP contribution in [0.15, 0.2) is 6.07 Å². The van der Waals surface area contributed by atoms with Gasteiger partial charge in [-0.1, -0.05) is 6.42 Å². The van der Waals surface area contributed by atoms with E-state index >= 15 is 0 Å². The van der Waals surface area contributed by atoms with E-state index in [-0.39, 0.29) is 0 Å². The summed E-state index contributed by atoms with van der Waals surface area (Å²) in [6.45, 7) is 2.84. The molecule has 0 unspecified atom stereocenters. The highest BCUT2D eigenvalue weighted by Gasteiger charge is 2.18. The van der Waals surface area contributed by atoms with Crippen molar-refractivity contribution in [3.63, 3.8) is 0 Å². The third-order valence-electron chi connectivity index (χ3n) is 3.90. The topological polar surface area (TPSA) is 66.5 Å². The van der Waals surface area contributed by atoms with Crippen LogP contribution in [0.2, 0.25) is 0 Å². The number of anilines is 1. The van der Waals surface area contributed by atoms with Crippen molar-refractivity contribution >= 4 is 16.9 Å². The van der Waals surface area contributed by atoms with Crippen molar-refractivity contribution in [2.24, 2.45) is 13.0 Å². The third kappa shape index (κ3) is 2.03. The summed E-state index contributed by atoms with van der Waals surface area (Å²) in [4.78, 5) is 4.56. The highest BCUT2D eigenvalue weighted by Crippen LogP contribution is 2.27. The zero-order valence-corrected chi connectivity index (χ0v) is 11.3. The Labute approximate surface area is 112 Å². The van der Waals surface area contributed by atoms with E-state index in [2.05, 4.69) is 21.5 Å². The van der Waals surface area contributed by atoms with Crippen LogP contribution in [0.5, 0.6) is 0 Å². The fraction of sp³-hybridized carbons (Fsp3) is 0.500. The molecule has 5 nitrogen and oxygen atoms in total. The molecule has 3 rings (SSSR count). The quantitative estimate of drug-likeness (QED) is 0.914. The lowest BCUT2D eigenvalue weighted by molar-refractivity contribution is 0.333. The average Bonchev–Trinajstić information content (AvgIpc) is 2.62. The fourth-order valence-electron chi connectivity index (χ4n) is 2.50. The van der Waals surface area contributed by atoms with Gasteiger partial charge in [0.2, 0.25) is 0 Å². The van der Waals surface area contributed by atoms with Crippen molar-refractivity contribution in [1.82, 2.24) is 14.8 Å². The van der Waals surface area contributed by atoms with Crippen LogP contribution in [0.3, 0.4) is 0 Å². The molecule has 0 saturated heterocycles. The first kappa shape index (κ1) is 12.0. The second kappa shape index (κ2) is 4.54. The van der Waals surface area contributed by atoms with Crippen LogP contribution >= 0.6 is 0 Å². The summed E-state index contributed by atoms with van der Waals surface area (Å²) in [5.41, 5.74) is 2.34. The van der Waals surface area contributed by atoms with E-state index < -0.39 is 0 Å². The first-order valence-corrected chi connectivity index (χ1v) is 6.67. The molecule has 0 radical (unpaired) electrons. The van der Waals surface area contributed by atoms with Gasteiger partial charge in [-0.2, -0.15) is 10.4 Å². The van der Waals surface area contributed by atoms with E-state index in [0.29, 0.717) is 11.4 Å². The molecule has 19 heavy (non-hydrogen) atoms. The second-order valence-electron chi connectivity index (χ2n) is 5.25. The largest absolute Gasteiger partial charge is 0.369 e. The minimum Gasteiger partial charge on any atom is -0.369 e. The van der Waals surface area contributed by atoms with Crippen molar-refractivity contribution < 1.29 is 0 Å². The van der Waals surface area contributed by atoms with Gasteiger partial charge in [-0.25, -0.2) is 4.98 Å². The molecular weight excluding hydrogens is 238 g/mol. The number of hydrogen-bond acceptors (Lipinski definition) is 4. The molecular formula is C14H17N5. The molecule has 0 bridgehead atoms. The summed E-state index contributed by atoms with van der Waals surface area (Å²) in [6.07, 6.45) is 3.88. The van der Waals surface area contributed by atoms with E-state index in [1.807, 2.05) is 20.0 Å². The van der Waals surface area contributed by atoms with Gasteiger partial charge < -0.3 is 5.32 Å². The van der Waals surface area contributed by atoms with Gasteiger partial charge in [0.25, 0.3) is 0 Å². The zero-order chi connectivity index (χ0) is 13.4. The number of pyridine rings is 1. The predicted molar refractivity (Wildman–Crippen MR) is 73.8 cm³/mol. The van der Waals surface area contributed by atoms with Crippen LogP contribution in [0, 0.1) is 24.2 Å². The lowest BCUT2D eigenvalue weighted by Crippen LogP contribution is -2.21. The smallest absolute Gasteiger partial charge is 0.160 e. The van der Waals surface area contributed by atoms with Gasteiger partial charge in [0.15, 0.2) is 5.65 Å². The third-order valence-corrected chi connectivity index (χ3v) is 3.90. The molecule has 0 atom stereocenters. The number of nitriles is 1. The van der Waals surface area contributed by atoms with Crippen LogP contribution in [0.1, 0.15) is 30.5 Å². The number of aromatic nitrogens is 3. The normalized spacial score (nSPS) is 15.2. The van der Waals surface area contributed by atoms with Gasteiger partial charge in [0.1, 0.15) is 11.9 Å². The van der Waals surface area contributed by atoms with Gasteiger partial charge in [-0.3, -0.25) is 4.68 Å². The predicted octanol–water partition coefficient (Wildman–Crippen LogP) is 2.36. The molecule has 0 spiro atoms. The molecule has 1 fully saturated rings. The van der Waals surface area contributed by atoms with Gasteiger partial charge in [-0.05, 0) is 31.7 Å². The Morgan fingerprint density at radius 1 is 1.53 bits per heavy atom. The van der Waals surface area contributed by atoms with Gasteiger partial charge in [-0.15, -0.1) is 0 Å². The Kier molecular flexibility index (Phi) is 2.86. The number of hydrogen-bond donors (Lipinski definition) is 1. The summed E-state index contributed by atoms with van der Waals surface area (Å²) in [5, 5.41) is 17.9. The summed E-state index contributed by atoms with van der Waals surface area (Å²) >= 11 is 0. The molecule has 1 aliphatic rings. The first-order valence-electron chi connectivity index (χ1n) is 6.67. The van der Waals surface area contributed by atoms with Crippen LogP contribution in [0.25, 0.3) is 11.0 Å². The van der Waals surface area contributed by atoms with Gasteiger partial charge in [0.05, 0.1) is 11.3 Å². The maximum absolute atomic E-state index is 9.25. The highest BCUT2D eigenvalue weighted by atomic mass is 15.3. The lowest BCUT2D eigenvalue weighted by atomic mass is 9.85. The van der Waals surface area contributed by atoms with Crippen LogP contribution in [-0.4, -0.2) is 21.3 Å². The fourth-order valence-corrected chi connectivity index (χ4v) is 2.50. The van der Waals surface area contributed by atoms with Crippen LogP contribution < -0.4 is 5.32 Å². The molecule has 0 aliphatic heterocycles. The molecule has 0 amide bonds. The summed E-state index contributed by atoms with van der Waals surface area (Å²) in [5.74, 6) is 1.42. The van der Waals surface area contributed by atoms with Gasteiger partial charge in [0, 0.05) is 19.0 Å². The molecule has 1 aliphatic carbocycles. The average molecular weight is 255 g/mol. The zero-order valence-electron chi connectivity index (χ0n) is 11.3. The number of rotatable bonds is 3. The lowest BCUT2D eigenvalue weighted by Gasteiger charge is -2.25. The molecule has 98 valence electrons. The van der Waals surface area contributed by atoms with E-state index in [4.69, 9.17) is 0 Å². The Balaban J connectivity index is 1.97. The molecule has 1 saturated carbocycles. The number of nitrogens with one attached hydrogen (secondary N) is 1. The monoisotopic (exact) mass is 255 g/mol. The second-order valence-corrected chi connectivity index (χ2v) is 5.25. The van der Waals surface area contributed by atoms with Gasteiger partial charge >= 0.3 is 0 Å². The minimum absolute atomic E-state index is 0.600. The molecule has 2 heterocycles. The summed E-state index contributed by atoms with van der Waals surface area (Å²) < 4.78 is 1.76. The molecule has 1 N–H and O–H groups in total. The van der Waals surface area contributed by atoms with E-state index in [1.54, 1.807) is 4.68 Å². The van der Waals surface area contributed by atoms with Crippen molar-refractivity contribution in [2.75, 3.05) is 11.9 Å². The van der Waals surface area contributed by atoms with Crippen molar-refractivity contribution in [1.29, 1.82) is 5.26 Å². The molecule has 2 aromatic heterocycles. The van der Waals surface area contributed by atoms with E-state index in [1.165, 1.54) is 19.3 Å². The number of nitrogens with zero attached hydrogens (tertiary/aromatic N) is 4. The Bertz CT molecular complexity index is 661. The Morgan fingerprint density at radius 2 is 2.32 bits per heavy atom. The maximum atomic E-state index is 9.25. The van der Waals surface area contributed by atoms with Crippen molar-refractivity contribution in [3.05, 3.63) is 17.3 Å². The van der Waals surface area contributed by atoms with Crippen LogP contribution in [0.4, 0.5) is 5.82 Å². The Morgan fingerprint density at radius 3 is 2.95 bits per heavy atom. The maximum Gasteiger partial charge on any atom is 0.160 e. The van der Waals surface area contributed by atoms with E-state index in [9.17, 15) is 5.26 Å².